The highest BCUT2D eigenvalue weighted by molar-refractivity contribution is 6.04. The monoisotopic (exact) mass is 256 g/mol. The lowest BCUT2D eigenvalue weighted by atomic mass is 10.1. The van der Waals surface area contributed by atoms with Gasteiger partial charge in [0, 0.05) is 23.4 Å². The summed E-state index contributed by atoms with van der Waals surface area (Å²) in [5.74, 6) is -0.291. The number of nitro groups is 1. The maximum absolute atomic E-state index is 11.9. The van der Waals surface area contributed by atoms with Gasteiger partial charge in [-0.3, -0.25) is 14.9 Å². The summed E-state index contributed by atoms with van der Waals surface area (Å²) in [6, 6.07) is 12.9. The Hall–Kier alpha value is -2.69. The summed E-state index contributed by atoms with van der Waals surface area (Å²) in [4.78, 5) is 22.1. The summed E-state index contributed by atoms with van der Waals surface area (Å²) in [7, 11) is 0. The van der Waals surface area contributed by atoms with Crippen LogP contribution >= 0.6 is 0 Å². The van der Waals surface area contributed by atoms with Gasteiger partial charge in [0.15, 0.2) is 0 Å². The lowest BCUT2D eigenvalue weighted by Gasteiger charge is -2.05. The molecule has 1 N–H and O–H groups in total. The second-order valence-corrected chi connectivity index (χ2v) is 4.13. The number of nitrogens with zero attached hydrogens (tertiary/aromatic N) is 1. The number of nitro benzene ring substituents is 1. The molecule has 0 saturated heterocycles. The van der Waals surface area contributed by atoms with Crippen molar-refractivity contribution in [3.05, 3.63) is 69.8 Å². The Morgan fingerprint density at radius 3 is 2.47 bits per heavy atom. The molecule has 0 spiro atoms. The number of carbonyl (C=O) groups is 1. The average Bonchev–Trinajstić information content (AvgIpc) is 2.39. The molecule has 5 heteroatoms. The van der Waals surface area contributed by atoms with Gasteiger partial charge in [0.05, 0.1) is 4.92 Å². The first-order chi connectivity index (χ1) is 9.06. The number of nitrogens with one attached hydrogen (secondary N) is 1. The Bertz CT molecular complexity index is 621. The summed E-state index contributed by atoms with van der Waals surface area (Å²) in [5, 5.41) is 13.3. The minimum Gasteiger partial charge on any atom is -0.322 e. The highest BCUT2D eigenvalue weighted by Crippen LogP contribution is 2.17. The van der Waals surface area contributed by atoms with Gasteiger partial charge in [-0.2, -0.15) is 0 Å². The van der Waals surface area contributed by atoms with Gasteiger partial charge >= 0.3 is 0 Å². The third-order valence-electron chi connectivity index (χ3n) is 2.63. The molecule has 0 aliphatic carbocycles. The summed E-state index contributed by atoms with van der Waals surface area (Å²) < 4.78 is 0. The average molecular weight is 256 g/mol. The van der Waals surface area contributed by atoms with Gasteiger partial charge in [0.2, 0.25) is 0 Å². The molecule has 96 valence electrons. The Morgan fingerprint density at radius 2 is 1.84 bits per heavy atom. The fraction of sp³-hybridized carbons (Fsp3) is 0.0714. The fourth-order valence-electron chi connectivity index (χ4n) is 1.61. The molecule has 0 unspecified atom stereocenters. The van der Waals surface area contributed by atoms with Crippen LogP contribution < -0.4 is 5.32 Å². The number of anilines is 1. The van der Waals surface area contributed by atoms with Crippen LogP contribution in [0, 0.1) is 17.0 Å². The predicted octanol–water partition coefficient (Wildman–Crippen LogP) is 3.16. The van der Waals surface area contributed by atoms with E-state index >= 15 is 0 Å². The molecule has 2 aromatic rings. The third kappa shape index (κ3) is 3.16. The molecule has 2 rings (SSSR count). The van der Waals surface area contributed by atoms with Crippen LogP contribution in [0.3, 0.4) is 0 Å². The van der Waals surface area contributed by atoms with E-state index < -0.39 is 4.92 Å². The summed E-state index contributed by atoms with van der Waals surface area (Å²) in [6.45, 7) is 1.93. The van der Waals surface area contributed by atoms with Crippen molar-refractivity contribution in [2.75, 3.05) is 5.32 Å². The number of benzene rings is 2. The molecule has 0 saturated carbocycles. The van der Waals surface area contributed by atoms with Crippen molar-refractivity contribution in [2.45, 2.75) is 6.92 Å². The number of non-ortho nitro benzene ring substituents is 1. The first kappa shape index (κ1) is 12.8. The maximum Gasteiger partial charge on any atom is 0.271 e. The molecule has 1 amide bonds. The molecule has 0 atom stereocenters. The van der Waals surface area contributed by atoms with Crippen molar-refractivity contribution in [3.8, 4) is 0 Å². The van der Waals surface area contributed by atoms with Crippen LogP contribution in [0.15, 0.2) is 48.5 Å². The van der Waals surface area contributed by atoms with Crippen LogP contribution in [-0.2, 0) is 0 Å². The van der Waals surface area contributed by atoms with Crippen LogP contribution in [0.5, 0.6) is 0 Å². The molecule has 0 aliphatic heterocycles. The van der Waals surface area contributed by atoms with E-state index in [0.717, 1.165) is 5.56 Å². The van der Waals surface area contributed by atoms with Gasteiger partial charge in [0.25, 0.3) is 11.6 Å². The minimum atomic E-state index is -0.498. The second kappa shape index (κ2) is 5.30. The molecule has 0 aliphatic rings. The molecule has 0 heterocycles. The lowest BCUT2D eigenvalue weighted by molar-refractivity contribution is -0.384. The Balaban J connectivity index is 2.17. The zero-order valence-electron chi connectivity index (χ0n) is 10.3. The first-order valence-corrected chi connectivity index (χ1v) is 5.69. The number of rotatable bonds is 3. The molecule has 0 fully saturated rings. The predicted molar refractivity (Wildman–Crippen MR) is 72.2 cm³/mol. The molecule has 2 aromatic carbocycles. The van der Waals surface area contributed by atoms with Crippen LogP contribution in [0.4, 0.5) is 11.4 Å². The molecule has 0 aromatic heterocycles. The van der Waals surface area contributed by atoms with Crippen LogP contribution in [0.25, 0.3) is 0 Å². The van der Waals surface area contributed by atoms with Crippen molar-refractivity contribution in [2.24, 2.45) is 0 Å². The topological polar surface area (TPSA) is 72.2 Å². The maximum atomic E-state index is 11.9. The first-order valence-electron chi connectivity index (χ1n) is 5.69. The van der Waals surface area contributed by atoms with E-state index in [4.69, 9.17) is 0 Å². The van der Waals surface area contributed by atoms with Crippen molar-refractivity contribution >= 4 is 17.3 Å². The Labute approximate surface area is 110 Å². The highest BCUT2D eigenvalue weighted by Gasteiger charge is 2.09. The van der Waals surface area contributed by atoms with Crippen LogP contribution in [0.2, 0.25) is 0 Å². The van der Waals surface area contributed by atoms with E-state index in [-0.39, 0.29) is 11.6 Å². The smallest absolute Gasteiger partial charge is 0.271 e. The molecular formula is C14H12N2O3. The Morgan fingerprint density at radius 1 is 1.16 bits per heavy atom. The SMILES string of the molecule is Cc1ccc(C(=O)Nc2cccc([N+](=O)[O-])c2)cc1. The Kier molecular flexibility index (Phi) is 3.56. The van der Waals surface area contributed by atoms with Crippen molar-refractivity contribution in [3.63, 3.8) is 0 Å². The van der Waals surface area contributed by atoms with Gasteiger partial charge in [0.1, 0.15) is 0 Å². The third-order valence-corrected chi connectivity index (χ3v) is 2.63. The summed E-state index contributed by atoms with van der Waals surface area (Å²) >= 11 is 0. The van der Waals surface area contributed by atoms with Crippen molar-refractivity contribution in [1.29, 1.82) is 0 Å². The number of hydrogen-bond donors (Lipinski definition) is 1. The molecule has 19 heavy (non-hydrogen) atoms. The number of amides is 1. The number of carbonyl (C=O) groups excluding carboxylic acids is 1. The second-order valence-electron chi connectivity index (χ2n) is 4.13. The number of hydrogen-bond acceptors (Lipinski definition) is 3. The molecule has 0 bridgehead atoms. The van der Waals surface area contributed by atoms with E-state index in [0.29, 0.717) is 11.3 Å². The minimum absolute atomic E-state index is 0.0540. The molecule has 5 nitrogen and oxygen atoms in total. The van der Waals surface area contributed by atoms with Crippen LogP contribution in [-0.4, -0.2) is 10.8 Å². The number of aryl methyl sites for hydroxylation is 1. The molecular weight excluding hydrogens is 244 g/mol. The fourth-order valence-corrected chi connectivity index (χ4v) is 1.61. The lowest BCUT2D eigenvalue weighted by Crippen LogP contribution is -2.11. The van der Waals surface area contributed by atoms with E-state index in [1.807, 2.05) is 19.1 Å². The van der Waals surface area contributed by atoms with Gasteiger partial charge in [-0.05, 0) is 25.1 Å². The largest absolute Gasteiger partial charge is 0.322 e. The van der Waals surface area contributed by atoms with Gasteiger partial charge in [-0.25, -0.2) is 0 Å². The van der Waals surface area contributed by atoms with Crippen molar-refractivity contribution in [1.82, 2.24) is 0 Å². The van der Waals surface area contributed by atoms with E-state index in [2.05, 4.69) is 5.32 Å². The van der Waals surface area contributed by atoms with Gasteiger partial charge in [-0.15, -0.1) is 0 Å². The van der Waals surface area contributed by atoms with Gasteiger partial charge in [-0.1, -0.05) is 23.8 Å². The normalized spacial score (nSPS) is 9.95. The van der Waals surface area contributed by atoms with Crippen LogP contribution in [0.1, 0.15) is 15.9 Å². The zero-order chi connectivity index (χ0) is 13.8. The van der Waals surface area contributed by atoms with E-state index in [1.165, 1.54) is 18.2 Å². The summed E-state index contributed by atoms with van der Waals surface area (Å²) in [5.41, 5.74) is 1.92. The standard InChI is InChI=1S/C14H12N2O3/c1-10-5-7-11(8-6-10)14(17)15-12-3-2-4-13(9-12)16(18)19/h2-9H,1H3,(H,15,17). The molecule has 0 radical (unpaired) electrons. The highest BCUT2D eigenvalue weighted by atomic mass is 16.6. The van der Waals surface area contributed by atoms with E-state index in [1.54, 1.807) is 18.2 Å². The zero-order valence-corrected chi connectivity index (χ0v) is 10.3. The van der Waals surface area contributed by atoms with E-state index in [9.17, 15) is 14.9 Å². The van der Waals surface area contributed by atoms with Crippen molar-refractivity contribution < 1.29 is 9.72 Å². The quantitative estimate of drug-likeness (QED) is 0.677. The van der Waals surface area contributed by atoms with Gasteiger partial charge < -0.3 is 5.32 Å². The summed E-state index contributed by atoms with van der Waals surface area (Å²) in [6.07, 6.45) is 0.